The smallest absolute Gasteiger partial charge is 0.343 e. The SMILES string of the molecule is COCCOCCOCCOCCOc1cc(C(=O)Oc2ccc(C3=C(c4ccccc4)C(=O)C(c4ccccc4)=C3c3ccc(OC(=O)c4cc(OCCOCCOCCOCCOC)c(OCCOCCOCCOCCOC)c(OCCOCCOCCOCCOC)c4)cc3)cc2)cc(OCCOCCOCCOCCOC)c1OCCOCCOCCOCCOC. The number of hydrogen-bond acceptors (Lipinski definition) is 35. The van der Waals surface area contributed by atoms with Crippen molar-refractivity contribution >= 4 is 40.0 Å². The molecule has 0 spiro atoms. The second-order valence-corrected chi connectivity index (χ2v) is 28.1. The fourth-order valence-electron chi connectivity index (χ4n) is 12.1. The molecule has 0 aromatic heterocycles. The highest BCUT2D eigenvalue weighted by atomic mass is 16.6. The molecule has 0 radical (unpaired) electrons. The summed E-state index contributed by atoms with van der Waals surface area (Å²) >= 11 is 0. The van der Waals surface area contributed by atoms with Crippen LogP contribution in [0.4, 0.5) is 0 Å². The Morgan fingerprint density at radius 2 is 0.371 bits per heavy atom. The van der Waals surface area contributed by atoms with Gasteiger partial charge in [-0.2, -0.15) is 0 Å². The van der Waals surface area contributed by atoms with E-state index in [4.69, 9.17) is 152 Å². The number of allylic oxidation sites excluding steroid dienone is 4. The molecule has 0 N–H and O–H groups in total. The van der Waals surface area contributed by atoms with Crippen molar-refractivity contribution in [1.29, 1.82) is 0 Å². The molecule has 0 amide bonds. The predicted molar refractivity (Wildman–Crippen MR) is 486 cm³/mol. The maximum Gasteiger partial charge on any atom is 0.343 e. The molecule has 0 unspecified atom stereocenters. The van der Waals surface area contributed by atoms with Crippen molar-refractivity contribution in [3.63, 3.8) is 0 Å². The first-order valence-electron chi connectivity index (χ1n) is 44.5. The highest BCUT2D eigenvalue weighted by Crippen LogP contribution is 2.50. The summed E-state index contributed by atoms with van der Waals surface area (Å²) in [6.45, 7) is 15.1. The molecule has 0 saturated carbocycles. The van der Waals surface area contributed by atoms with Crippen LogP contribution in [0.25, 0.3) is 22.3 Å². The zero-order valence-corrected chi connectivity index (χ0v) is 77.4. The highest BCUT2D eigenvalue weighted by molar-refractivity contribution is 6.59. The Kier molecular flexibility index (Phi) is 61.5. The van der Waals surface area contributed by atoms with Crippen LogP contribution < -0.4 is 37.9 Å². The van der Waals surface area contributed by atoms with Gasteiger partial charge in [-0.05, 0) is 70.8 Å². The van der Waals surface area contributed by atoms with Crippen molar-refractivity contribution in [2.45, 2.75) is 0 Å². The number of rotatable bonds is 86. The molecule has 6 aromatic carbocycles. The summed E-state index contributed by atoms with van der Waals surface area (Å²) in [7, 11) is 9.67. The van der Waals surface area contributed by atoms with Crippen molar-refractivity contribution < 1.29 is 166 Å². The van der Waals surface area contributed by atoms with Crippen LogP contribution in [0.15, 0.2) is 133 Å². The van der Waals surface area contributed by atoms with Gasteiger partial charge in [0.25, 0.3) is 0 Å². The summed E-state index contributed by atoms with van der Waals surface area (Å²) in [5, 5.41) is 0. The third kappa shape index (κ3) is 46.0. The standard InChI is InChI=1S/C97H136O35/c1-101-25-31-107-37-43-113-49-55-119-61-67-125-85-73-81(74-86(126-68-62-120-56-50-114-44-38-108-32-26-102-2)94(85)129-71-65-123-59-53-117-47-41-111-35-29-105-5)96(99)131-83-21-17-79(18-22-83)89-90(92(78-15-11-8-12-16-78)93(98)91(89)77-13-9-7-10-14-77)80-19-23-84(24-20-80)132-97(100)82-75-87(127-69-63-121-57-51-115-45-39-109-33-27-103-3)95(130-72-66-124-60-54-118-48-42-112-36-30-106-6)88(76-82)128-70-64-122-58-52-116-46-40-110-34-28-104-4/h7-24,73-76H,25-72H2,1-6H3. The Bertz CT molecular complexity index is 3670. The van der Waals surface area contributed by atoms with Crippen LogP contribution in [0.1, 0.15) is 43.0 Å². The van der Waals surface area contributed by atoms with Gasteiger partial charge in [0.2, 0.25) is 11.5 Å². The van der Waals surface area contributed by atoms with Gasteiger partial charge in [-0.1, -0.05) is 84.9 Å². The lowest BCUT2D eigenvalue weighted by Gasteiger charge is -2.19. The molecule has 1 aliphatic carbocycles. The molecule has 7 rings (SSSR count). The van der Waals surface area contributed by atoms with E-state index in [0.717, 1.165) is 0 Å². The van der Waals surface area contributed by atoms with Crippen molar-refractivity contribution in [1.82, 2.24) is 0 Å². The Morgan fingerprint density at radius 1 is 0.197 bits per heavy atom. The maximum atomic E-state index is 15.6. The Morgan fingerprint density at radius 3 is 0.568 bits per heavy atom. The number of esters is 2. The van der Waals surface area contributed by atoms with E-state index in [1.807, 2.05) is 60.7 Å². The van der Waals surface area contributed by atoms with E-state index in [0.29, 0.717) is 243 Å². The van der Waals surface area contributed by atoms with Gasteiger partial charge in [-0.25, -0.2) is 9.59 Å². The van der Waals surface area contributed by atoms with Gasteiger partial charge in [-0.15, -0.1) is 0 Å². The van der Waals surface area contributed by atoms with Gasteiger partial charge in [0.15, 0.2) is 28.8 Å². The maximum absolute atomic E-state index is 15.6. The molecule has 1 aliphatic rings. The minimum atomic E-state index is -0.768. The number of Topliss-reactive ketones (excluding diaryl/α,β-unsaturated/α-hetero) is 1. The van der Waals surface area contributed by atoms with Crippen LogP contribution in [0.3, 0.4) is 0 Å². The largest absolute Gasteiger partial charge is 0.487 e. The van der Waals surface area contributed by atoms with Crippen LogP contribution in [0, 0.1) is 0 Å². The average Bonchev–Trinajstić information content (AvgIpc) is 1.58. The van der Waals surface area contributed by atoms with E-state index in [1.54, 1.807) is 91.2 Å². The number of carbonyl (C=O) groups is 3. The number of ether oxygens (including phenoxy) is 32. The lowest BCUT2D eigenvalue weighted by Crippen LogP contribution is -2.17. The summed E-state index contributed by atoms with van der Waals surface area (Å²) in [5.74, 6) is -0.466. The van der Waals surface area contributed by atoms with E-state index in [2.05, 4.69) is 0 Å². The minimum absolute atomic E-state index is 0.0302. The van der Waals surface area contributed by atoms with Crippen LogP contribution in [-0.4, -0.2) is 378 Å². The lowest BCUT2D eigenvalue weighted by atomic mass is 9.89. The van der Waals surface area contributed by atoms with Gasteiger partial charge in [0, 0.05) is 65.0 Å². The normalized spacial score (nSPS) is 12.1. The van der Waals surface area contributed by atoms with Gasteiger partial charge in [0.05, 0.1) is 289 Å². The first-order chi connectivity index (χ1) is 65.2. The molecular weight excluding hydrogens is 1730 g/mol. The average molecular weight is 1860 g/mol. The van der Waals surface area contributed by atoms with Gasteiger partial charge in [0.1, 0.15) is 51.1 Å². The third-order valence-corrected chi connectivity index (χ3v) is 18.5. The fraction of sp³-hybridized carbons (Fsp3) is 0.557. The first kappa shape index (κ1) is 110. The van der Waals surface area contributed by atoms with E-state index in [9.17, 15) is 9.59 Å². The third-order valence-electron chi connectivity index (χ3n) is 18.5. The zero-order valence-electron chi connectivity index (χ0n) is 77.4. The molecule has 0 fully saturated rings. The predicted octanol–water partition coefficient (Wildman–Crippen LogP) is 9.68. The second kappa shape index (κ2) is 73.6. The summed E-state index contributed by atoms with van der Waals surface area (Å²) < 4.78 is 183. The van der Waals surface area contributed by atoms with E-state index in [-0.39, 0.29) is 182 Å². The monoisotopic (exact) mass is 1860 g/mol. The summed E-state index contributed by atoms with van der Waals surface area (Å²) in [6, 6.07) is 38.6. The number of ketones is 1. The Hall–Kier alpha value is -8.75. The second-order valence-electron chi connectivity index (χ2n) is 28.1. The molecule has 734 valence electrons. The molecule has 132 heavy (non-hydrogen) atoms. The molecule has 6 aromatic rings. The Labute approximate surface area is 775 Å². The van der Waals surface area contributed by atoms with E-state index in [1.165, 1.54) is 24.3 Å². The molecule has 0 heterocycles. The molecule has 0 atom stereocenters. The summed E-state index contributed by atoms with van der Waals surface area (Å²) in [5.41, 5.74) is 4.64. The molecule has 0 aliphatic heterocycles. The Balaban J connectivity index is 1.16. The van der Waals surface area contributed by atoms with E-state index >= 15 is 4.79 Å². The van der Waals surface area contributed by atoms with Crippen LogP contribution in [0.5, 0.6) is 46.0 Å². The van der Waals surface area contributed by atoms with Crippen molar-refractivity contribution in [2.75, 3.05) is 360 Å². The van der Waals surface area contributed by atoms with Crippen molar-refractivity contribution in [3.05, 3.63) is 167 Å². The summed E-state index contributed by atoms with van der Waals surface area (Å²) in [4.78, 5) is 45.2. The first-order valence-corrected chi connectivity index (χ1v) is 44.5. The van der Waals surface area contributed by atoms with Crippen LogP contribution >= 0.6 is 0 Å². The molecular formula is C97H136O35. The molecule has 0 saturated heterocycles. The number of hydrogen-bond donors (Lipinski definition) is 0. The molecule has 0 bridgehead atoms. The van der Waals surface area contributed by atoms with Gasteiger partial charge >= 0.3 is 11.9 Å². The van der Waals surface area contributed by atoms with Gasteiger partial charge < -0.3 is 152 Å². The van der Waals surface area contributed by atoms with Crippen molar-refractivity contribution in [3.8, 4) is 46.0 Å². The quantitative estimate of drug-likeness (QED) is 0.0195. The van der Waals surface area contributed by atoms with Crippen molar-refractivity contribution in [2.24, 2.45) is 0 Å². The highest BCUT2D eigenvalue weighted by Gasteiger charge is 2.36. The van der Waals surface area contributed by atoms with Crippen LogP contribution in [-0.2, 0) is 118 Å². The van der Waals surface area contributed by atoms with E-state index < -0.39 is 11.9 Å². The van der Waals surface area contributed by atoms with Crippen LogP contribution in [0.2, 0.25) is 0 Å². The van der Waals surface area contributed by atoms with Gasteiger partial charge in [-0.3, -0.25) is 4.79 Å². The fourth-order valence-corrected chi connectivity index (χ4v) is 12.1. The number of carbonyl (C=O) groups excluding carboxylic acids is 3. The molecule has 35 nitrogen and oxygen atoms in total. The summed E-state index contributed by atoms with van der Waals surface area (Å²) in [6.07, 6.45) is 0. The number of methoxy groups -OCH3 is 6. The topological polar surface area (TPSA) is 347 Å². The molecule has 35 heteroatoms. The minimum Gasteiger partial charge on any atom is -0.487 e. The number of benzene rings is 6. The lowest BCUT2D eigenvalue weighted by molar-refractivity contribution is -0.108. The zero-order chi connectivity index (χ0) is 93.2.